The lowest BCUT2D eigenvalue weighted by Gasteiger charge is -2.20. The van der Waals surface area contributed by atoms with Crippen LogP contribution in [-0.4, -0.2) is 25.7 Å². The number of rotatable bonds is 5. The van der Waals surface area contributed by atoms with Crippen molar-refractivity contribution in [2.45, 2.75) is 26.7 Å². The fourth-order valence-corrected chi connectivity index (χ4v) is 2.89. The Labute approximate surface area is 119 Å². The molecule has 1 aromatic rings. The molecule has 0 bridgehead atoms. The molecule has 0 N–H and O–H groups in total. The first-order valence-corrected chi connectivity index (χ1v) is 6.80. The van der Waals surface area contributed by atoms with Crippen molar-refractivity contribution in [2.24, 2.45) is 10.8 Å². The van der Waals surface area contributed by atoms with E-state index in [1.807, 2.05) is 30.3 Å². The van der Waals surface area contributed by atoms with Crippen molar-refractivity contribution in [1.82, 2.24) is 0 Å². The largest absolute Gasteiger partial charge is 0.469 e. The second kappa shape index (κ2) is 5.27. The summed E-state index contributed by atoms with van der Waals surface area (Å²) in [5, 5.41) is 0. The second-order valence-corrected chi connectivity index (χ2v) is 5.47. The quantitative estimate of drug-likeness (QED) is 0.775. The number of carbonyl (C=O) groups excluding carboxylic acids is 2. The molecule has 1 aliphatic rings. The Morgan fingerprint density at radius 1 is 1.20 bits per heavy atom. The Hall–Kier alpha value is -1.84. The predicted octanol–water partition coefficient (Wildman–Crippen LogP) is 2.36. The molecule has 1 aromatic carbocycles. The van der Waals surface area contributed by atoms with Gasteiger partial charge in [-0.2, -0.15) is 0 Å². The van der Waals surface area contributed by atoms with E-state index in [4.69, 9.17) is 9.47 Å². The number of hydrogen-bond donors (Lipinski definition) is 0. The Bertz CT molecular complexity index is 510. The number of ether oxygens (including phenoxy) is 2. The lowest BCUT2D eigenvalue weighted by molar-refractivity contribution is -0.158. The molecule has 1 saturated carbocycles. The van der Waals surface area contributed by atoms with E-state index >= 15 is 0 Å². The van der Waals surface area contributed by atoms with E-state index in [0.717, 1.165) is 5.56 Å². The molecule has 0 aromatic heterocycles. The first-order valence-electron chi connectivity index (χ1n) is 6.80. The van der Waals surface area contributed by atoms with Gasteiger partial charge < -0.3 is 9.47 Å². The van der Waals surface area contributed by atoms with Gasteiger partial charge in [-0.25, -0.2) is 0 Å². The predicted molar refractivity (Wildman–Crippen MR) is 74.0 cm³/mol. The van der Waals surface area contributed by atoms with Gasteiger partial charge in [-0.1, -0.05) is 30.3 Å². The van der Waals surface area contributed by atoms with Gasteiger partial charge in [0.05, 0.1) is 24.5 Å². The van der Waals surface area contributed by atoms with Gasteiger partial charge in [0.1, 0.15) is 0 Å². The van der Waals surface area contributed by atoms with Crippen LogP contribution in [0, 0.1) is 10.8 Å². The lowest BCUT2D eigenvalue weighted by atomic mass is 9.87. The van der Waals surface area contributed by atoms with Crippen LogP contribution in [0.25, 0.3) is 0 Å². The zero-order valence-corrected chi connectivity index (χ0v) is 12.1. The maximum atomic E-state index is 12.3. The fourth-order valence-electron chi connectivity index (χ4n) is 2.89. The van der Waals surface area contributed by atoms with Crippen LogP contribution in [0.2, 0.25) is 0 Å². The van der Waals surface area contributed by atoms with E-state index in [2.05, 4.69) is 0 Å². The van der Waals surface area contributed by atoms with Gasteiger partial charge in [-0.15, -0.1) is 0 Å². The Morgan fingerprint density at radius 3 is 2.40 bits per heavy atom. The molecule has 1 fully saturated rings. The van der Waals surface area contributed by atoms with Gasteiger partial charge in [0, 0.05) is 0 Å². The summed E-state index contributed by atoms with van der Waals surface area (Å²) in [6, 6.07) is 9.68. The molecule has 4 nitrogen and oxygen atoms in total. The molecule has 20 heavy (non-hydrogen) atoms. The average Bonchev–Trinajstić information content (AvgIpc) is 3.07. The van der Waals surface area contributed by atoms with Crippen molar-refractivity contribution in [3.63, 3.8) is 0 Å². The van der Waals surface area contributed by atoms with Crippen LogP contribution >= 0.6 is 0 Å². The van der Waals surface area contributed by atoms with Gasteiger partial charge in [0.15, 0.2) is 0 Å². The summed E-state index contributed by atoms with van der Waals surface area (Å²) in [6.07, 6.45) is 0.971. The van der Waals surface area contributed by atoms with Gasteiger partial charge in [-0.3, -0.25) is 9.59 Å². The zero-order valence-electron chi connectivity index (χ0n) is 12.1. The SMILES string of the molecule is CCOC(=O)[C@]1(Cc2ccccc2)C[C@@]1(C)C(=O)OC. The molecule has 108 valence electrons. The van der Waals surface area contributed by atoms with Gasteiger partial charge in [0.2, 0.25) is 0 Å². The summed E-state index contributed by atoms with van der Waals surface area (Å²) >= 11 is 0. The minimum absolute atomic E-state index is 0.309. The first-order chi connectivity index (χ1) is 9.50. The number of carbonyl (C=O) groups is 2. The topological polar surface area (TPSA) is 52.6 Å². The van der Waals surface area contributed by atoms with Crippen LogP contribution in [0.3, 0.4) is 0 Å². The summed E-state index contributed by atoms with van der Waals surface area (Å²) in [5.41, 5.74) is -0.561. The smallest absolute Gasteiger partial charge is 0.313 e. The van der Waals surface area contributed by atoms with Crippen molar-refractivity contribution in [1.29, 1.82) is 0 Å². The summed E-state index contributed by atoms with van der Waals surface area (Å²) in [4.78, 5) is 24.3. The minimum atomic E-state index is -0.794. The van der Waals surface area contributed by atoms with Crippen molar-refractivity contribution < 1.29 is 19.1 Å². The van der Waals surface area contributed by atoms with Gasteiger partial charge in [0.25, 0.3) is 0 Å². The lowest BCUT2D eigenvalue weighted by Crippen LogP contribution is -2.32. The molecule has 1 aliphatic carbocycles. The highest BCUT2D eigenvalue weighted by Crippen LogP contribution is 2.66. The average molecular weight is 276 g/mol. The Kier molecular flexibility index (Phi) is 3.84. The van der Waals surface area contributed by atoms with Crippen molar-refractivity contribution in [2.75, 3.05) is 13.7 Å². The minimum Gasteiger partial charge on any atom is -0.469 e. The maximum absolute atomic E-state index is 12.3. The number of methoxy groups -OCH3 is 1. The molecule has 0 amide bonds. The van der Waals surface area contributed by atoms with Gasteiger partial charge >= 0.3 is 11.9 Å². The molecule has 0 spiro atoms. The highest BCUT2D eigenvalue weighted by atomic mass is 16.5. The van der Waals surface area contributed by atoms with Crippen LogP contribution in [0.4, 0.5) is 0 Å². The molecule has 0 unspecified atom stereocenters. The van der Waals surface area contributed by atoms with Crippen LogP contribution in [0.1, 0.15) is 25.8 Å². The molecular weight excluding hydrogens is 256 g/mol. The molecule has 2 atom stereocenters. The monoisotopic (exact) mass is 276 g/mol. The van der Waals surface area contributed by atoms with Crippen molar-refractivity contribution >= 4 is 11.9 Å². The maximum Gasteiger partial charge on any atom is 0.313 e. The molecule has 4 heteroatoms. The number of hydrogen-bond acceptors (Lipinski definition) is 4. The Balaban J connectivity index is 2.29. The van der Waals surface area contributed by atoms with E-state index in [9.17, 15) is 9.59 Å². The molecule has 0 saturated heterocycles. The number of esters is 2. The Morgan fingerprint density at radius 2 is 1.85 bits per heavy atom. The molecule has 0 heterocycles. The molecule has 0 aliphatic heterocycles. The van der Waals surface area contributed by atoms with Crippen LogP contribution < -0.4 is 0 Å². The van der Waals surface area contributed by atoms with Crippen molar-refractivity contribution in [3.05, 3.63) is 35.9 Å². The summed E-state index contributed by atoms with van der Waals surface area (Å²) in [5.74, 6) is -0.654. The van der Waals surface area contributed by atoms with E-state index < -0.39 is 10.8 Å². The molecular formula is C16H20O4. The summed E-state index contributed by atoms with van der Waals surface area (Å²) in [7, 11) is 1.35. The van der Waals surface area contributed by atoms with Crippen LogP contribution in [0.15, 0.2) is 30.3 Å². The standard InChI is InChI=1S/C16H20O4/c1-4-20-14(18)16(10-12-8-6-5-7-9-12)11-15(16,2)13(17)19-3/h5-9H,4,10-11H2,1-3H3/t15-,16-/m0/s1. The van der Waals surface area contributed by atoms with Crippen molar-refractivity contribution in [3.8, 4) is 0 Å². The van der Waals surface area contributed by atoms with Crippen LogP contribution in [-0.2, 0) is 25.5 Å². The number of benzene rings is 1. The highest BCUT2D eigenvalue weighted by molar-refractivity contribution is 5.94. The fraction of sp³-hybridized carbons (Fsp3) is 0.500. The third kappa shape index (κ3) is 2.19. The third-order valence-corrected chi connectivity index (χ3v) is 4.24. The molecule has 2 rings (SSSR count). The van der Waals surface area contributed by atoms with E-state index in [0.29, 0.717) is 19.4 Å². The van der Waals surface area contributed by atoms with Gasteiger partial charge in [-0.05, 0) is 32.3 Å². The normalized spacial score (nSPS) is 27.8. The zero-order chi connectivity index (χ0) is 14.8. The first kappa shape index (κ1) is 14.6. The third-order valence-electron chi connectivity index (χ3n) is 4.24. The molecule has 0 radical (unpaired) electrons. The summed E-state index contributed by atoms with van der Waals surface area (Å²) < 4.78 is 10.0. The second-order valence-electron chi connectivity index (χ2n) is 5.47. The van der Waals surface area contributed by atoms with E-state index in [1.165, 1.54) is 7.11 Å². The van der Waals surface area contributed by atoms with E-state index in [1.54, 1.807) is 13.8 Å². The van der Waals surface area contributed by atoms with E-state index in [-0.39, 0.29) is 11.9 Å². The summed E-state index contributed by atoms with van der Waals surface area (Å²) in [6.45, 7) is 3.86. The highest BCUT2D eigenvalue weighted by Gasteiger charge is 2.74. The van der Waals surface area contributed by atoms with Crippen LogP contribution in [0.5, 0.6) is 0 Å².